The van der Waals surface area contributed by atoms with Crippen molar-refractivity contribution in [3.8, 4) is 22.5 Å². The molecule has 0 aliphatic heterocycles. The summed E-state index contributed by atoms with van der Waals surface area (Å²) in [4.78, 5) is 17.3. The molecule has 0 aliphatic rings. The van der Waals surface area contributed by atoms with Crippen LogP contribution in [-0.4, -0.2) is 26.7 Å². The highest BCUT2D eigenvalue weighted by Gasteiger charge is 2.15. The molecule has 148 valence electrons. The lowest BCUT2D eigenvalue weighted by atomic mass is 10.0. The summed E-state index contributed by atoms with van der Waals surface area (Å²) < 4.78 is 0. The first kappa shape index (κ1) is 20.0. The van der Waals surface area contributed by atoms with Gasteiger partial charge in [0.15, 0.2) is 5.78 Å². The Balaban J connectivity index is 1.59. The van der Waals surface area contributed by atoms with Gasteiger partial charge in [-0.3, -0.25) is 4.79 Å². The molecule has 0 radical (unpaired) electrons. The van der Waals surface area contributed by atoms with E-state index in [1.165, 1.54) is 17.3 Å². The molecule has 0 fully saturated rings. The molecule has 0 spiro atoms. The van der Waals surface area contributed by atoms with Gasteiger partial charge in [0.1, 0.15) is 11.4 Å². The van der Waals surface area contributed by atoms with Crippen molar-refractivity contribution in [2.45, 2.75) is 18.5 Å². The van der Waals surface area contributed by atoms with E-state index in [4.69, 9.17) is 4.98 Å². The Morgan fingerprint density at radius 3 is 1.97 bits per heavy atom. The van der Waals surface area contributed by atoms with E-state index in [1.54, 1.807) is 0 Å². The van der Waals surface area contributed by atoms with Crippen molar-refractivity contribution >= 4 is 17.5 Å². The number of aromatic nitrogens is 3. The van der Waals surface area contributed by atoms with E-state index in [9.17, 15) is 4.79 Å². The molecular formula is C25H21N3OS. The minimum atomic E-state index is 0.0552. The van der Waals surface area contributed by atoms with E-state index in [-0.39, 0.29) is 11.5 Å². The standard InChI is InChI=1S/C25H21N3OS/c1-2-18-13-15-19(16-14-18)22(29)17-30-25-26-23(20-9-5-3-6-10-20)24(27-28-25)21-11-7-4-8-12-21/h3-16H,2,17H2,1H3. The second-order valence-electron chi connectivity index (χ2n) is 6.79. The summed E-state index contributed by atoms with van der Waals surface area (Å²) in [6, 6.07) is 27.6. The van der Waals surface area contributed by atoms with Crippen LogP contribution in [0.3, 0.4) is 0 Å². The Labute approximate surface area is 180 Å². The van der Waals surface area contributed by atoms with Gasteiger partial charge in [-0.05, 0) is 12.0 Å². The molecule has 4 aromatic rings. The smallest absolute Gasteiger partial charge is 0.210 e. The van der Waals surface area contributed by atoms with Crippen LogP contribution in [0.5, 0.6) is 0 Å². The van der Waals surface area contributed by atoms with Crippen molar-refractivity contribution in [1.29, 1.82) is 0 Å². The molecule has 0 bridgehead atoms. The predicted octanol–water partition coefficient (Wildman–Crippen LogP) is 5.74. The Morgan fingerprint density at radius 1 is 0.767 bits per heavy atom. The van der Waals surface area contributed by atoms with Crippen LogP contribution in [0, 0.1) is 0 Å². The highest BCUT2D eigenvalue weighted by Crippen LogP contribution is 2.29. The summed E-state index contributed by atoms with van der Waals surface area (Å²) in [7, 11) is 0. The molecule has 0 saturated heterocycles. The molecule has 0 saturated carbocycles. The van der Waals surface area contributed by atoms with Gasteiger partial charge in [0.25, 0.3) is 0 Å². The lowest BCUT2D eigenvalue weighted by molar-refractivity contribution is 0.102. The Bertz CT molecular complexity index is 1130. The maximum absolute atomic E-state index is 12.6. The van der Waals surface area contributed by atoms with Crippen molar-refractivity contribution in [3.63, 3.8) is 0 Å². The molecule has 1 aromatic heterocycles. The van der Waals surface area contributed by atoms with Crippen molar-refractivity contribution in [2.24, 2.45) is 0 Å². The molecule has 0 aliphatic carbocycles. The highest BCUT2D eigenvalue weighted by molar-refractivity contribution is 7.99. The van der Waals surface area contributed by atoms with E-state index < -0.39 is 0 Å². The average molecular weight is 412 g/mol. The van der Waals surface area contributed by atoms with Crippen LogP contribution in [0.1, 0.15) is 22.8 Å². The van der Waals surface area contributed by atoms with Gasteiger partial charge in [-0.1, -0.05) is 104 Å². The number of carbonyl (C=O) groups is 1. The van der Waals surface area contributed by atoms with Crippen LogP contribution in [0.2, 0.25) is 0 Å². The number of Topliss-reactive ketones (excluding diaryl/α,β-unsaturated/α-hetero) is 1. The van der Waals surface area contributed by atoms with Gasteiger partial charge in [-0.25, -0.2) is 4.98 Å². The predicted molar refractivity (Wildman–Crippen MR) is 122 cm³/mol. The number of benzene rings is 3. The van der Waals surface area contributed by atoms with Crippen molar-refractivity contribution in [1.82, 2.24) is 15.2 Å². The lowest BCUT2D eigenvalue weighted by Gasteiger charge is -2.09. The van der Waals surface area contributed by atoms with Crippen molar-refractivity contribution in [3.05, 3.63) is 96.1 Å². The molecule has 4 nitrogen and oxygen atoms in total. The van der Waals surface area contributed by atoms with Gasteiger partial charge in [0.2, 0.25) is 5.16 Å². The highest BCUT2D eigenvalue weighted by atomic mass is 32.2. The molecule has 0 amide bonds. The second kappa shape index (κ2) is 9.46. The number of rotatable bonds is 7. The van der Waals surface area contributed by atoms with Gasteiger partial charge >= 0.3 is 0 Å². The normalized spacial score (nSPS) is 10.7. The third-order valence-electron chi connectivity index (χ3n) is 4.78. The number of hydrogen-bond donors (Lipinski definition) is 0. The summed E-state index contributed by atoms with van der Waals surface area (Å²) in [5, 5.41) is 9.23. The van der Waals surface area contributed by atoms with Gasteiger partial charge < -0.3 is 0 Å². The quantitative estimate of drug-likeness (QED) is 0.287. The molecule has 0 unspecified atom stereocenters. The third-order valence-corrected chi connectivity index (χ3v) is 5.62. The summed E-state index contributed by atoms with van der Waals surface area (Å²) in [6.45, 7) is 2.10. The molecule has 0 N–H and O–H groups in total. The lowest BCUT2D eigenvalue weighted by Crippen LogP contribution is -2.05. The topological polar surface area (TPSA) is 55.7 Å². The fraction of sp³-hybridized carbons (Fsp3) is 0.120. The summed E-state index contributed by atoms with van der Waals surface area (Å²) in [5.74, 6) is 0.325. The minimum absolute atomic E-state index is 0.0552. The van der Waals surface area contributed by atoms with E-state index in [0.717, 1.165) is 28.9 Å². The van der Waals surface area contributed by atoms with Crippen LogP contribution in [0.4, 0.5) is 0 Å². The van der Waals surface area contributed by atoms with Gasteiger partial charge in [-0.15, -0.1) is 10.2 Å². The van der Waals surface area contributed by atoms with Crippen LogP contribution >= 0.6 is 11.8 Å². The van der Waals surface area contributed by atoms with E-state index in [1.807, 2.05) is 84.9 Å². The largest absolute Gasteiger partial charge is 0.293 e. The van der Waals surface area contributed by atoms with E-state index in [2.05, 4.69) is 17.1 Å². The number of aryl methyl sites for hydroxylation is 1. The zero-order valence-electron chi connectivity index (χ0n) is 16.7. The summed E-state index contributed by atoms with van der Waals surface area (Å²) in [5.41, 5.74) is 5.34. The Morgan fingerprint density at radius 2 is 1.37 bits per heavy atom. The first-order valence-corrected chi connectivity index (χ1v) is 10.8. The van der Waals surface area contributed by atoms with E-state index in [0.29, 0.717) is 10.7 Å². The second-order valence-corrected chi connectivity index (χ2v) is 7.73. The number of hydrogen-bond acceptors (Lipinski definition) is 5. The zero-order valence-corrected chi connectivity index (χ0v) is 17.5. The summed E-state index contributed by atoms with van der Waals surface area (Å²) in [6.07, 6.45) is 0.957. The molecule has 3 aromatic carbocycles. The van der Waals surface area contributed by atoms with Crippen LogP contribution in [-0.2, 0) is 6.42 Å². The number of ketones is 1. The Kier molecular flexibility index (Phi) is 6.30. The molecule has 4 rings (SSSR count). The van der Waals surface area contributed by atoms with Crippen molar-refractivity contribution in [2.75, 3.05) is 5.75 Å². The third kappa shape index (κ3) is 4.63. The fourth-order valence-electron chi connectivity index (χ4n) is 3.10. The van der Waals surface area contributed by atoms with Gasteiger partial charge in [-0.2, -0.15) is 0 Å². The average Bonchev–Trinajstić information content (AvgIpc) is 2.83. The first-order chi connectivity index (χ1) is 14.7. The van der Waals surface area contributed by atoms with Gasteiger partial charge in [0.05, 0.1) is 5.75 Å². The van der Waals surface area contributed by atoms with Crippen LogP contribution in [0.15, 0.2) is 90.1 Å². The van der Waals surface area contributed by atoms with Crippen LogP contribution in [0.25, 0.3) is 22.5 Å². The van der Waals surface area contributed by atoms with E-state index >= 15 is 0 Å². The SMILES string of the molecule is CCc1ccc(C(=O)CSc2nnc(-c3ccccc3)c(-c3ccccc3)n2)cc1. The van der Waals surface area contributed by atoms with Crippen LogP contribution < -0.4 is 0 Å². The maximum Gasteiger partial charge on any atom is 0.210 e. The van der Waals surface area contributed by atoms with Gasteiger partial charge in [0, 0.05) is 16.7 Å². The van der Waals surface area contributed by atoms with Crippen molar-refractivity contribution < 1.29 is 4.79 Å². The molecule has 0 atom stereocenters. The molecule has 5 heteroatoms. The maximum atomic E-state index is 12.6. The number of carbonyl (C=O) groups excluding carboxylic acids is 1. The molecular weight excluding hydrogens is 390 g/mol. The zero-order chi connectivity index (χ0) is 20.8. The fourth-order valence-corrected chi connectivity index (χ4v) is 3.78. The monoisotopic (exact) mass is 411 g/mol. The molecule has 1 heterocycles. The minimum Gasteiger partial charge on any atom is -0.293 e. The first-order valence-electron chi connectivity index (χ1n) is 9.85. The Hall–Kier alpha value is -3.31. The summed E-state index contributed by atoms with van der Waals surface area (Å²) >= 11 is 1.31. The number of thioether (sulfide) groups is 1. The molecule has 30 heavy (non-hydrogen) atoms. The number of nitrogens with zero attached hydrogens (tertiary/aromatic N) is 3.